The van der Waals surface area contributed by atoms with Crippen LogP contribution in [0.25, 0.3) is 17.1 Å². The molecule has 0 radical (unpaired) electrons. The molecule has 1 aliphatic rings. The normalized spacial score (nSPS) is 16.5. The molecule has 6 nitrogen and oxygen atoms in total. The number of nitrogens with two attached hydrogens (primary N) is 1. The summed E-state index contributed by atoms with van der Waals surface area (Å²) < 4.78 is 7.06. The molecule has 0 aliphatic carbocycles. The Morgan fingerprint density at radius 1 is 1.29 bits per heavy atom. The monoisotopic (exact) mass is 325 g/mol. The third kappa shape index (κ3) is 3.65. The van der Waals surface area contributed by atoms with E-state index in [1.807, 2.05) is 30.5 Å². The highest BCUT2D eigenvalue weighted by Gasteiger charge is 2.14. The van der Waals surface area contributed by atoms with E-state index in [0.717, 1.165) is 30.2 Å². The Hall–Kier alpha value is -2.60. The Morgan fingerprint density at radius 3 is 2.79 bits per heavy atom. The molecule has 0 saturated carbocycles. The quantitative estimate of drug-likeness (QED) is 0.692. The summed E-state index contributed by atoms with van der Waals surface area (Å²) in [5.41, 5.74) is 9.41. The van der Waals surface area contributed by atoms with Gasteiger partial charge in [0.05, 0.1) is 18.9 Å². The van der Waals surface area contributed by atoms with E-state index in [2.05, 4.69) is 34.0 Å². The molecule has 2 N–H and O–H groups in total. The Morgan fingerprint density at radius 2 is 2.08 bits per heavy atom. The molecule has 1 aromatic heterocycles. The molecule has 2 heterocycles. The van der Waals surface area contributed by atoms with Gasteiger partial charge in [0.15, 0.2) is 0 Å². The first-order valence-electron chi connectivity index (χ1n) is 8.07. The summed E-state index contributed by atoms with van der Waals surface area (Å²) in [4.78, 5) is 6.51. The van der Waals surface area contributed by atoms with Crippen LogP contribution in [0.5, 0.6) is 0 Å². The lowest BCUT2D eigenvalue weighted by Crippen LogP contribution is -2.40. The van der Waals surface area contributed by atoms with Gasteiger partial charge in [0, 0.05) is 38.0 Å². The molecule has 1 saturated heterocycles. The SMILES string of the molecule is CN=C(/C=C(\N)n1ccc(-c2cccc(C)c2)n1)N1CCOCC1. The second kappa shape index (κ2) is 7.31. The van der Waals surface area contributed by atoms with Crippen LogP contribution in [0.15, 0.2) is 47.6 Å². The van der Waals surface area contributed by atoms with Crippen LogP contribution in [0.4, 0.5) is 0 Å². The van der Waals surface area contributed by atoms with Crippen molar-refractivity contribution in [1.29, 1.82) is 0 Å². The van der Waals surface area contributed by atoms with Gasteiger partial charge in [-0.2, -0.15) is 5.10 Å². The first-order chi connectivity index (χ1) is 11.7. The van der Waals surface area contributed by atoms with Crippen molar-refractivity contribution >= 4 is 11.7 Å². The average molecular weight is 325 g/mol. The Balaban J connectivity index is 1.80. The van der Waals surface area contributed by atoms with Crippen molar-refractivity contribution in [2.45, 2.75) is 6.92 Å². The Labute approximate surface area is 142 Å². The Kier molecular flexibility index (Phi) is 4.96. The van der Waals surface area contributed by atoms with Crippen molar-refractivity contribution in [2.75, 3.05) is 33.4 Å². The van der Waals surface area contributed by atoms with E-state index in [1.54, 1.807) is 11.7 Å². The molecule has 3 rings (SSSR count). The molecular formula is C18H23N5O. The molecule has 126 valence electrons. The zero-order chi connectivity index (χ0) is 16.9. The molecule has 0 amide bonds. The fraction of sp³-hybridized carbons (Fsp3) is 0.333. The number of aliphatic imine (C=N–C) groups is 1. The maximum absolute atomic E-state index is 6.22. The molecule has 6 heteroatoms. The maximum atomic E-state index is 6.22. The van der Waals surface area contributed by atoms with Gasteiger partial charge in [-0.3, -0.25) is 4.99 Å². The van der Waals surface area contributed by atoms with Crippen LogP contribution < -0.4 is 5.73 Å². The van der Waals surface area contributed by atoms with Crippen molar-refractivity contribution in [1.82, 2.24) is 14.7 Å². The molecule has 0 spiro atoms. The van der Waals surface area contributed by atoms with Gasteiger partial charge >= 0.3 is 0 Å². The van der Waals surface area contributed by atoms with Crippen molar-refractivity contribution in [3.8, 4) is 11.3 Å². The summed E-state index contributed by atoms with van der Waals surface area (Å²) in [5.74, 6) is 1.39. The number of morpholine rings is 1. The van der Waals surface area contributed by atoms with Crippen LogP contribution in [0.3, 0.4) is 0 Å². The highest BCUT2D eigenvalue weighted by atomic mass is 16.5. The summed E-state index contributed by atoms with van der Waals surface area (Å²) >= 11 is 0. The van der Waals surface area contributed by atoms with E-state index in [4.69, 9.17) is 10.5 Å². The summed E-state index contributed by atoms with van der Waals surface area (Å²) in [6, 6.07) is 10.2. The largest absolute Gasteiger partial charge is 0.384 e. The van der Waals surface area contributed by atoms with Gasteiger partial charge < -0.3 is 15.4 Å². The van der Waals surface area contributed by atoms with E-state index in [-0.39, 0.29) is 0 Å². The number of aryl methyl sites for hydroxylation is 1. The predicted molar refractivity (Wildman–Crippen MR) is 96.6 cm³/mol. The zero-order valence-electron chi connectivity index (χ0n) is 14.1. The van der Waals surface area contributed by atoms with E-state index in [9.17, 15) is 0 Å². The minimum atomic E-state index is 0.543. The average Bonchev–Trinajstić information content (AvgIpc) is 3.10. The third-order valence-corrected chi connectivity index (χ3v) is 4.01. The number of ether oxygens (including phenoxy) is 1. The number of nitrogens with zero attached hydrogens (tertiary/aromatic N) is 4. The maximum Gasteiger partial charge on any atom is 0.128 e. The first-order valence-corrected chi connectivity index (χ1v) is 8.07. The van der Waals surface area contributed by atoms with Gasteiger partial charge in [-0.15, -0.1) is 0 Å². The predicted octanol–water partition coefficient (Wildman–Crippen LogP) is 1.98. The highest BCUT2D eigenvalue weighted by Crippen LogP contribution is 2.18. The smallest absolute Gasteiger partial charge is 0.128 e. The first kappa shape index (κ1) is 16.3. The van der Waals surface area contributed by atoms with Gasteiger partial charge in [-0.05, 0) is 19.1 Å². The number of hydrogen-bond donors (Lipinski definition) is 1. The fourth-order valence-corrected chi connectivity index (χ4v) is 2.71. The minimum absolute atomic E-state index is 0.543. The molecule has 1 aromatic carbocycles. The van der Waals surface area contributed by atoms with Gasteiger partial charge in [-0.25, -0.2) is 4.68 Å². The molecule has 1 aliphatic heterocycles. The zero-order valence-corrected chi connectivity index (χ0v) is 14.1. The number of hydrogen-bond acceptors (Lipinski definition) is 4. The van der Waals surface area contributed by atoms with E-state index in [0.29, 0.717) is 19.0 Å². The lowest BCUT2D eigenvalue weighted by atomic mass is 10.1. The van der Waals surface area contributed by atoms with Crippen LogP contribution in [0, 0.1) is 6.92 Å². The molecule has 0 bridgehead atoms. The van der Waals surface area contributed by atoms with Crippen LogP contribution in [0.1, 0.15) is 5.56 Å². The number of benzene rings is 1. The van der Waals surface area contributed by atoms with Crippen LogP contribution in [-0.4, -0.2) is 53.9 Å². The van der Waals surface area contributed by atoms with Gasteiger partial charge in [0.25, 0.3) is 0 Å². The van der Waals surface area contributed by atoms with E-state index >= 15 is 0 Å². The van der Waals surface area contributed by atoms with E-state index in [1.165, 1.54) is 5.56 Å². The lowest BCUT2D eigenvalue weighted by molar-refractivity contribution is 0.0684. The van der Waals surface area contributed by atoms with Crippen LogP contribution in [0.2, 0.25) is 0 Å². The summed E-state index contributed by atoms with van der Waals surface area (Å²) in [6.45, 7) is 5.15. The highest BCUT2D eigenvalue weighted by molar-refractivity contribution is 5.96. The van der Waals surface area contributed by atoms with Crippen molar-refractivity contribution in [3.63, 3.8) is 0 Å². The molecular weight excluding hydrogens is 302 g/mol. The summed E-state index contributed by atoms with van der Waals surface area (Å²) in [5, 5.41) is 4.58. The minimum Gasteiger partial charge on any atom is -0.384 e. The lowest BCUT2D eigenvalue weighted by Gasteiger charge is -2.28. The van der Waals surface area contributed by atoms with Gasteiger partial charge in [-0.1, -0.05) is 23.8 Å². The molecule has 0 atom stereocenters. The summed E-state index contributed by atoms with van der Waals surface area (Å²) in [6.07, 6.45) is 3.73. The second-order valence-electron chi connectivity index (χ2n) is 5.77. The number of amidine groups is 1. The van der Waals surface area contributed by atoms with Crippen LogP contribution in [-0.2, 0) is 4.74 Å². The number of rotatable bonds is 3. The number of aromatic nitrogens is 2. The molecule has 0 unspecified atom stereocenters. The van der Waals surface area contributed by atoms with E-state index < -0.39 is 0 Å². The third-order valence-electron chi connectivity index (χ3n) is 4.01. The molecule has 24 heavy (non-hydrogen) atoms. The van der Waals surface area contributed by atoms with Gasteiger partial charge in [0.1, 0.15) is 11.7 Å². The fourth-order valence-electron chi connectivity index (χ4n) is 2.71. The van der Waals surface area contributed by atoms with Crippen molar-refractivity contribution in [3.05, 3.63) is 48.2 Å². The molecule has 2 aromatic rings. The second-order valence-corrected chi connectivity index (χ2v) is 5.77. The van der Waals surface area contributed by atoms with Crippen molar-refractivity contribution in [2.24, 2.45) is 10.7 Å². The Bertz CT molecular complexity index is 756. The standard InChI is InChI=1S/C18H23N5O/c1-14-4-3-5-15(12-14)16-6-7-23(21-16)17(19)13-18(20-2)22-8-10-24-11-9-22/h3-7,12-13H,8-11,19H2,1-2H3/b17-13+,20-18?. The topological polar surface area (TPSA) is 68.7 Å². The van der Waals surface area contributed by atoms with Gasteiger partial charge in [0.2, 0.25) is 0 Å². The van der Waals surface area contributed by atoms with Crippen LogP contribution >= 0.6 is 0 Å². The summed E-state index contributed by atoms with van der Waals surface area (Å²) in [7, 11) is 1.77. The molecule has 1 fully saturated rings. The van der Waals surface area contributed by atoms with Crippen molar-refractivity contribution < 1.29 is 4.74 Å².